The van der Waals surface area contributed by atoms with Crippen LogP contribution in [0.15, 0.2) is 18.2 Å². The molecule has 0 atom stereocenters. The molecule has 76 valence electrons. The maximum absolute atomic E-state index is 5.62. The van der Waals surface area contributed by atoms with Crippen molar-refractivity contribution in [3.05, 3.63) is 34.9 Å². The van der Waals surface area contributed by atoms with Crippen molar-refractivity contribution in [1.29, 1.82) is 0 Å². The SMILES string of the molecule is Cc1ccc2c(c1)CCCCCOC2. The Morgan fingerprint density at radius 2 is 2.00 bits per heavy atom. The maximum Gasteiger partial charge on any atom is 0.0719 e. The summed E-state index contributed by atoms with van der Waals surface area (Å²) in [7, 11) is 0. The van der Waals surface area contributed by atoms with Gasteiger partial charge in [-0.05, 0) is 37.3 Å². The number of aryl methyl sites for hydroxylation is 2. The summed E-state index contributed by atoms with van der Waals surface area (Å²) in [6.45, 7) is 3.89. The third-order valence-electron chi connectivity index (χ3n) is 2.85. The summed E-state index contributed by atoms with van der Waals surface area (Å²) < 4.78 is 5.62. The first-order valence-corrected chi connectivity index (χ1v) is 5.52. The van der Waals surface area contributed by atoms with Gasteiger partial charge >= 0.3 is 0 Å². The fourth-order valence-corrected chi connectivity index (χ4v) is 2.01. The summed E-state index contributed by atoms with van der Waals surface area (Å²) in [6.07, 6.45) is 5.04. The highest BCUT2D eigenvalue weighted by molar-refractivity contribution is 5.31. The molecular formula is C13H18O. The molecule has 1 nitrogen and oxygen atoms in total. The minimum absolute atomic E-state index is 0.801. The molecule has 0 spiro atoms. The zero-order valence-electron chi connectivity index (χ0n) is 8.88. The lowest BCUT2D eigenvalue weighted by molar-refractivity contribution is 0.118. The molecule has 1 heterocycles. The van der Waals surface area contributed by atoms with E-state index in [-0.39, 0.29) is 0 Å². The third-order valence-corrected chi connectivity index (χ3v) is 2.85. The van der Waals surface area contributed by atoms with Crippen molar-refractivity contribution >= 4 is 0 Å². The second-order valence-corrected chi connectivity index (χ2v) is 4.14. The molecule has 1 aromatic rings. The number of hydrogen-bond donors (Lipinski definition) is 0. The van der Waals surface area contributed by atoms with Gasteiger partial charge in [0.1, 0.15) is 0 Å². The highest BCUT2D eigenvalue weighted by atomic mass is 16.5. The molecule has 1 aliphatic rings. The van der Waals surface area contributed by atoms with Gasteiger partial charge in [0.25, 0.3) is 0 Å². The molecule has 1 aromatic carbocycles. The minimum Gasteiger partial charge on any atom is -0.377 e. The second kappa shape index (κ2) is 4.61. The minimum atomic E-state index is 0.801. The molecule has 0 N–H and O–H groups in total. The van der Waals surface area contributed by atoms with E-state index in [1.54, 1.807) is 0 Å². The molecule has 0 aromatic heterocycles. The van der Waals surface area contributed by atoms with Gasteiger partial charge < -0.3 is 4.74 Å². The van der Waals surface area contributed by atoms with E-state index in [0.29, 0.717) is 0 Å². The molecule has 14 heavy (non-hydrogen) atoms. The van der Waals surface area contributed by atoms with Gasteiger partial charge in [-0.15, -0.1) is 0 Å². The number of hydrogen-bond acceptors (Lipinski definition) is 1. The van der Waals surface area contributed by atoms with Gasteiger partial charge in [0, 0.05) is 6.61 Å². The van der Waals surface area contributed by atoms with Crippen LogP contribution in [0, 0.1) is 6.92 Å². The summed E-state index contributed by atoms with van der Waals surface area (Å²) in [5.74, 6) is 0. The fraction of sp³-hybridized carbons (Fsp3) is 0.538. The molecule has 2 rings (SSSR count). The van der Waals surface area contributed by atoms with Crippen molar-refractivity contribution in [2.45, 2.75) is 39.2 Å². The van der Waals surface area contributed by atoms with E-state index >= 15 is 0 Å². The first-order valence-electron chi connectivity index (χ1n) is 5.52. The molecule has 0 saturated heterocycles. The lowest BCUT2D eigenvalue weighted by Gasteiger charge is -2.08. The van der Waals surface area contributed by atoms with Crippen LogP contribution in [0.5, 0.6) is 0 Å². The summed E-state index contributed by atoms with van der Waals surface area (Å²) in [5, 5.41) is 0. The van der Waals surface area contributed by atoms with E-state index in [9.17, 15) is 0 Å². The molecule has 0 amide bonds. The normalized spacial score (nSPS) is 17.8. The van der Waals surface area contributed by atoms with Crippen LogP contribution in [0.1, 0.15) is 36.0 Å². The summed E-state index contributed by atoms with van der Waals surface area (Å²) >= 11 is 0. The van der Waals surface area contributed by atoms with Gasteiger partial charge in [0.2, 0.25) is 0 Å². The lowest BCUT2D eigenvalue weighted by Crippen LogP contribution is -1.97. The predicted molar refractivity (Wildman–Crippen MR) is 58.4 cm³/mol. The Hall–Kier alpha value is -0.820. The van der Waals surface area contributed by atoms with Gasteiger partial charge in [-0.3, -0.25) is 0 Å². The third kappa shape index (κ3) is 2.36. The Kier molecular flexibility index (Phi) is 3.20. The fourth-order valence-electron chi connectivity index (χ4n) is 2.01. The van der Waals surface area contributed by atoms with Gasteiger partial charge in [-0.1, -0.05) is 30.2 Å². The summed E-state index contributed by atoms with van der Waals surface area (Å²) in [6, 6.07) is 6.71. The molecule has 0 bridgehead atoms. The van der Waals surface area contributed by atoms with Crippen LogP contribution >= 0.6 is 0 Å². The van der Waals surface area contributed by atoms with Crippen molar-refractivity contribution in [2.24, 2.45) is 0 Å². The molecular weight excluding hydrogens is 172 g/mol. The Morgan fingerprint density at radius 3 is 2.93 bits per heavy atom. The van der Waals surface area contributed by atoms with Crippen LogP contribution in [0.2, 0.25) is 0 Å². The largest absolute Gasteiger partial charge is 0.377 e. The topological polar surface area (TPSA) is 9.23 Å². The molecule has 0 saturated carbocycles. The molecule has 1 aliphatic heterocycles. The zero-order chi connectivity index (χ0) is 9.80. The van der Waals surface area contributed by atoms with E-state index < -0.39 is 0 Å². The maximum atomic E-state index is 5.62. The van der Waals surface area contributed by atoms with E-state index in [2.05, 4.69) is 25.1 Å². The van der Waals surface area contributed by atoms with Crippen LogP contribution in [-0.2, 0) is 17.8 Å². The standard InChI is InChI=1S/C13H18O/c1-11-6-7-13-10-14-8-4-2-3-5-12(13)9-11/h6-7,9H,2-5,8,10H2,1H3. The Balaban J connectivity index is 2.22. The van der Waals surface area contributed by atoms with Crippen molar-refractivity contribution in [2.75, 3.05) is 6.61 Å². The molecule has 0 aliphatic carbocycles. The highest BCUT2D eigenvalue weighted by Gasteiger charge is 2.05. The first kappa shape index (κ1) is 9.72. The van der Waals surface area contributed by atoms with Crippen LogP contribution in [0.3, 0.4) is 0 Å². The number of fused-ring (bicyclic) bond motifs is 1. The Labute approximate surface area is 86.1 Å². The van der Waals surface area contributed by atoms with Crippen LogP contribution in [-0.4, -0.2) is 6.61 Å². The quantitative estimate of drug-likeness (QED) is 0.610. The van der Waals surface area contributed by atoms with Crippen molar-refractivity contribution in [1.82, 2.24) is 0 Å². The van der Waals surface area contributed by atoms with Crippen molar-refractivity contribution in [3.63, 3.8) is 0 Å². The van der Waals surface area contributed by atoms with Crippen molar-refractivity contribution < 1.29 is 4.74 Å². The van der Waals surface area contributed by atoms with E-state index in [0.717, 1.165) is 13.2 Å². The van der Waals surface area contributed by atoms with Crippen LogP contribution in [0.25, 0.3) is 0 Å². The number of rotatable bonds is 0. The Bertz CT molecular complexity index is 304. The Morgan fingerprint density at radius 1 is 1.07 bits per heavy atom. The summed E-state index contributed by atoms with van der Waals surface area (Å²) in [4.78, 5) is 0. The molecule has 0 unspecified atom stereocenters. The van der Waals surface area contributed by atoms with E-state index in [1.165, 1.54) is 42.4 Å². The second-order valence-electron chi connectivity index (χ2n) is 4.14. The van der Waals surface area contributed by atoms with Gasteiger partial charge in [-0.25, -0.2) is 0 Å². The van der Waals surface area contributed by atoms with E-state index in [4.69, 9.17) is 4.74 Å². The van der Waals surface area contributed by atoms with E-state index in [1.807, 2.05) is 0 Å². The smallest absolute Gasteiger partial charge is 0.0719 e. The van der Waals surface area contributed by atoms with Gasteiger partial charge in [-0.2, -0.15) is 0 Å². The molecule has 1 heteroatoms. The predicted octanol–water partition coefficient (Wildman–Crippen LogP) is 3.24. The molecule has 0 fully saturated rings. The summed E-state index contributed by atoms with van der Waals surface area (Å²) in [5.41, 5.74) is 4.24. The highest BCUT2D eigenvalue weighted by Crippen LogP contribution is 2.18. The van der Waals surface area contributed by atoms with Gasteiger partial charge in [0.15, 0.2) is 0 Å². The number of benzene rings is 1. The first-order chi connectivity index (χ1) is 6.86. The molecule has 0 radical (unpaired) electrons. The lowest BCUT2D eigenvalue weighted by atomic mass is 10.00. The monoisotopic (exact) mass is 190 g/mol. The van der Waals surface area contributed by atoms with Crippen LogP contribution < -0.4 is 0 Å². The number of ether oxygens (including phenoxy) is 1. The zero-order valence-corrected chi connectivity index (χ0v) is 8.88. The average molecular weight is 190 g/mol. The average Bonchev–Trinajstić information content (AvgIpc) is 2.29. The van der Waals surface area contributed by atoms with Crippen molar-refractivity contribution in [3.8, 4) is 0 Å². The van der Waals surface area contributed by atoms with Gasteiger partial charge in [0.05, 0.1) is 6.61 Å². The van der Waals surface area contributed by atoms with Crippen LogP contribution in [0.4, 0.5) is 0 Å².